The summed E-state index contributed by atoms with van der Waals surface area (Å²) in [5.74, 6) is 0. The molecule has 0 aromatic heterocycles. The van der Waals surface area contributed by atoms with Crippen LogP contribution < -0.4 is 5.32 Å². The first-order chi connectivity index (χ1) is 7.38. The second-order valence-electron chi connectivity index (χ2n) is 3.93. The van der Waals surface area contributed by atoms with Crippen molar-refractivity contribution in [2.45, 2.75) is 18.6 Å². The lowest BCUT2D eigenvalue weighted by Crippen LogP contribution is -2.48. The molecule has 1 fully saturated rings. The van der Waals surface area contributed by atoms with E-state index in [1.165, 1.54) is 5.56 Å². The first-order valence-corrected chi connectivity index (χ1v) is 5.38. The molecule has 2 unspecified atom stereocenters. The minimum Gasteiger partial charge on any atom is -0.394 e. The molecular weight excluding hydrogens is 190 g/mol. The number of aliphatic hydroxyl groups excluding tert-OH is 1. The Kier molecular flexibility index (Phi) is 3.72. The van der Waals surface area contributed by atoms with Crippen molar-refractivity contribution in [2.75, 3.05) is 19.8 Å². The van der Waals surface area contributed by atoms with Crippen LogP contribution in [0.5, 0.6) is 0 Å². The molecule has 2 rings (SSSR count). The lowest BCUT2D eigenvalue weighted by molar-refractivity contribution is -0.0252. The molecule has 0 bridgehead atoms. The highest BCUT2D eigenvalue weighted by Crippen LogP contribution is 2.07. The molecule has 2 atom stereocenters. The summed E-state index contributed by atoms with van der Waals surface area (Å²) in [5, 5.41) is 12.3. The van der Waals surface area contributed by atoms with Gasteiger partial charge in [0.1, 0.15) is 0 Å². The molecule has 0 radical (unpaired) electrons. The lowest BCUT2D eigenvalue weighted by atomic mass is 10.1. The summed E-state index contributed by atoms with van der Waals surface area (Å²) in [7, 11) is 0. The fraction of sp³-hybridized carbons (Fsp3) is 0.500. The van der Waals surface area contributed by atoms with Crippen molar-refractivity contribution in [2.24, 2.45) is 0 Å². The SMILES string of the molecule is OCC1CNC(Cc2ccccc2)CO1. The molecule has 0 spiro atoms. The number of hydrogen-bond donors (Lipinski definition) is 2. The van der Waals surface area contributed by atoms with Crippen LogP contribution in [0.4, 0.5) is 0 Å². The van der Waals surface area contributed by atoms with E-state index >= 15 is 0 Å². The quantitative estimate of drug-likeness (QED) is 0.761. The summed E-state index contributed by atoms with van der Waals surface area (Å²) >= 11 is 0. The second kappa shape index (κ2) is 5.26. The van der Waals surface area contributed by atoms with E-state index < -0.39 is 0 Å². The van der Waals surface area contributed by atoms with E-state index in [0.717, 1.165) is 13.0 Å². The predicted octanol–water partition coefficient (Wildman–Crippen LogP) is 0.578. The van der Waals surface area contributed by atoms with Gasteiger partial charge in [0.2, 0.25) is 0 Å². The van der Waals surface area contributed by atoms with E-state index in [0.29, 0.717) is 12.6 Å². The minimum absolute atomic E-state index is 0.0305. The lowest BCUT2D eigenvalue weighted by Gasteiger charge is -2.29. The van der Waals surface area contributed by atoms with Gasteiger partial charge in [0.05, 0.1) is 19.3 Å². The molecule has 82 valence electrons. The predicted molar refractivity (Wildman–Crippen MR) is 58.8 cm³/mol. The van der Waals surface area contributed by atoms with Crippen LogP contribution in [-0.4, -0.2) is 37.0 Å². The van der Waals surface area contributed by atoms with Crippen molar-refractivity contribution in [3.63, 3.8) is 0 Å². The second-order valence-corrected chi connectivity index (χ2v) is 3.93. The molecule has 0 aliphatic carbocycles. The summed E-state index contributed by atoms with van der Waals surface area (Å²) in [5.41, 5.74) is 1.32. The van der Waals surface area contributed by atoms with Crippen LogP contribution in [0.25, 0.3) is 0 Å². The fourth-order valence-corrected chi connectivity index (χ4v) is 1.82. The smallest absolute Gasteiger partial charge is 0.0930 e. The van der Waals surface area contributed by atoms with Crippen molar-refractivity contribution < 1.29 is 9.84 Å². The number of rotatable bonds is 3. The number of nitrogens with one attached hydrogen (secondary N) is 1. The van der Waals surface area contributed by atoms with Gasteiger partial charge >= 0.3 is 0 Å². The van der Waals surface area contributed by atoms with Gasteiger partial charge in [-0.25, -0.2) is 0 Å². The molecule has 3 nitrogen and oxygen atoms in total. The van der Waals surface area contributed by atoms with Crippen molar-refractivity contribution >= 4 is 0 Å². The highest BCUT2D eigenvalue weighted by molar-refractivity contribution is 5.16. The van der Waals surface area contributed by atoms with Crippen molar-refractivity contribution in [1.29, 1.82) is 0 Å². The Balaban J connectivity index is 1.82. The molecule has 3 heteroatoms. The maximum atomic E-state index is 8.90. The zero-order valence-electron chi connectivity index (χ0n) is 8.73. The molecule has 0 saturated carbocycles. The highest BCUT2D eigenvalue weighted by atomic mass is 16.5. The zero-order chi connectivity index (χ0) is 10.5. The number of morpholine rings is 1. The van der Waals surface area contributed by atoms with Crippen LogP contribution in [0.1, 0.15) is 5.56 Å². The summed E-state index contributed by atoms with van der Waals surface area (Å²) in [6.07, 6.45) is 0.955. The Morgan fingerprint density at radius 1 is 1.33 bits per heavy atom. The van der Waals surface area contributed by atoms with Crippen LogP contribution in [-0.2, 0) is 11.2 Å². The first kappa shape index (κ1) is 10.6. The largest absolute Gasteiger partial charge is 0.394 e. The van der Waals surface area contributed by atoms with Gasteiger partial charge in [-0.15, -0.1) is 0 Å². The van der Waals surface area contributed by atoms with Crippen LogP contribution in [0.15, 0.2) is 30.3 Å². The van der Waals surface area contributed by atoms with Crippen LogP contribution in [0, 0.1) is 0 Å². The Morgan fingerprint density at radius 2 is 2.13 bits per heavy atom. The van der Waals surface area contributed by atoms with Gasteiger partial charge in [-0.1, -0.05) is 30.3 Å². The molecule has 1 aromatic carbocycles. The highest BCUT2D eigenvalue weighted by Gasteiger charge is 2.20. The Hall–Kier alpha value is -0.900. The molecule has 0 amide bonds. The van der Waals surface area contributed by atoms with E-state index in [1.54, 1.807) is 0 Å². The van der Waals surface area contributed by atoms with Gasteiger partial charge in [-0.3, -0.25) is 0 Å². The van der Waals surface area contributed by atoms with Gasteiger partial charge in [0, 0.05) is 12.6 Å². The monoisotopic (exact) mass is 207 g/mol. The molecule has 2 N–H and O–H groups in total. The third kappa shape index (κ3) is 3.02. The molecule has 1 saturated heterocycles. The van der Waals surface area contributed by atoms with E-state index in [2.05, 4.69) is 29.6 Å². The van der Waals surface area contributed by atoms with Crippen LogP contribution >= 0.6 is 0 Å². The van der Waals surface area contributed by atoms with E-state index in [9.17, 15) is 0 Å². The van der Waals surface area contributed by atoms with E-state index in [4.69, 9.17) is 9.84 Å². The average Bonchev–Trinajstić information content (AvgIpc) is 2.31. The van der Waals surface area contributed by atoms with Gasteiger partial charge in [-0.05, 0) is 12.0 Å². The molecule has 15 heavy (non-hydrogen) atoms. The number of ether oxygens (including phenoxy) is 1. The number of aliphatic hydroxyl groups is 1. The van der Waals surface area contributed by atoms with E-state index in [1.807, 2.05) is 6.07 Å². The summed E-state index contributed by atoms with van der Waals surface area (Å²) in [6.45, 7) is 1.53. The Morgan fingerprint density at radius 3 is 2.73 bits per heavy atom. The Bertz CT molecular complexity index is 281. The number of benzene rings is 1. The van der Waals surface area contributed by atoms with Crippen molar-refractivity contribution in [1.82, 2.24) is 5.32 Å². The molecule has 1 aliphatic heterocycles. The molecule has 1 aliphatic rings. The van der Waals surface area contributed by atoms with Crippen molar-refractivity contribution in [3.8, 4) is 0 Å². The minimum atomic E-state index is -0.0305. The third-order valence-electron chi connectivity index (χ3n) is 2.70. The zero-order valence-corrected chi connectivity index (χ0v) is 8.73. The molecular formula is C12H17NO2. The standard InChI is InChI=1S/C12H17NO2/c14-8-12-7-13-11(9-15-12)6-10-4-2-1-3-5-10/h1-5,11-14H,6-9H2. The first-order valence-electron chi connectivity index (χ1n) is 5.38. The third-order valence-corrected chi connectivity index (χ3v) is 2.70. The van der Waals surface area contributed by atoms with Gasteiger partial charge in [-0.2, -0.15) is 0 Å². The van der Waals surface area contributed by atoms with Crippen molar-refractivity contribution in [3.05, 3.63) is 35.9 Å². The normalized spacial score (nSPS) is 26.5. The number of hydrogen-bond acceptors (Lipinski definition) is 3. The summed E-state index contributed by atoms with van der Waals surface area (Å²) in [4.78, 5) is 0. The topological polar surface area (TPSA) is 41.5 Å². The molecule has 1 aromatic rings. The average molecular weight is 207 g/mol. The fourth-order valence-electron chi connectivity index (χ4n) is 1.82. The van der Waals surface area contributed by atoms with Crippen LogP contribution in [0.3, 0.4) is 0 Å². The van der Waals surface area contributed by atoms with Gasteiger partial charge < -0.3 is 15.2 Å². The van der Waals surface area contributed by atoms with E-state index in [-0.39, 0.29) is 12.7 Å². The Labute approximate surface area is 90.1 Å². The summed E-state index contributed by atoms with van der Waals surface area (Å²) < 4.78 is 5.50. The maximum Gasteiger partial charge on any atom is 0.0930 e. The maximum absolute atomic E-state index is 8.90. The summed E-state index contributed by atoms with van der Waals surface area (Å²) in [6, 6.07) is 10.7. The van der Waals surface area contributed by atoms with Crippen LogP contribution in [0.2, 0.25) is 0 Å². The van der Waals surface area contributed by atoms with Gasteiger partial charge in [0.15, 0.2) is 0 Å². The van der Waals surface area contributed by atoms with Gasteiger partial charge in [0.25, 0.3) is 0 Å². The molecule has 1 heterocycles.